The second kappa shape index (κ2) is 7.61. The van der Waals surface area contributed by atoms with E-state index in [9.17, 15) is 13.2 Å². The first-order valence-corrected chi connectivity index (χ1v) is 8.32. The van der Waals surface area contributed by atoms with Crippen LogP contribution in [-0.2, 0) is 6.18 Å². The van der Waals surface area contributed by atoms with Gasteiger partial charge in [-0.1, -0.05) is 30.3 Å². The highest BCUT2D eigenvalue weighted by Crippen LogP contribution is 2.35. The Morgan fingerprint density at radius 2 is 1.67 bits per heavy atom. The molecule has 2 heterocycles. The van der Waals surface area contributed by atoms with E-state index < -0.39 is 11.7 Å². The van der Waals surface area contributed by atoms with E-state index >= 15 is 0 Å². The summed E-state index contributed by atoms with van der Waals surface area (Å²) in [5, 5.41) is 5.91. The predicted octanol–water partition coefficient (Wildman–Crippen LogP) is 5.12. The van der Waals surface area contributed by atoms with Crippen LogP contribution in [0.25, 0.3) is 11.4 Å². The Kier molecular flexibility index (Phi) is 5.25. The molecule has 3 rings (SSSR count). The molecule has 27 heavy (non-hydrogen) atoms. The van der Waals surface area contributed by atoms with E-state index in [1.165, 1.54) is 12.3 Å². The van der Waals surface area contributed by atoms with Crippen molar-refractivity contribution in [3.05, 3.63) is 60.4 Å². The minimum atomic E-state index is -4.52. The molecule has 0 spiro atoms. The monoisotopic (exact) mass is 373 g/mol. The van der Waals surface area contributed by atoms with Gasteiger partial charge in [-0.25, -0.2) is 9.97 Å². The summed E-state index contributed by atoms with van der Waals surface area (Å²) in [5.41, 5.74) is -0.215. The minimum absolute atomic E-state index is 0.100. The lowest BCUT2D eigenvalue weighted by molar-refractivity contribution is -0.137. The molecule has 1 aromatic carbocycles. The molecule has 0 bridgehead atoms. The van der Waals surface area contributed by atoms with Gasteiger partial charge in [0, 0.05) is 30.1 Å². The number of benzene rings is 1. The van der Waals surface area contributed by atoms with E-state index in [1.54, 1.807) is 6.07 Å². The van der Waals surface area contributed by atoms with Crippen LogP contribution in [0.4, 0.5) is 30.5 Å². The highest BCUT2D eigenvalue weighted by Gasteiger charge is 2.34. The van der Waals surface area contributed by atoms with Gasteiger partial charge in [0.05, 0.1) is 11.3 Å². The number of pyridine rings is 1. The largest absolute Gasteiger partial charge is 0.419 e. The molecular weight excluding hydrogens is 355 g/mol. The Morgan fingerprint density at radius 3 is 2.33 bits per heavy atom. The quantitative estimate of drug-likeness (QED) is 0.650. The van der Waals surface area contributed by atoms with Gasteiger partial charge in [0.1, 0.15) is 11.6 Å². The number of nitrogens with one attached hydrogen (secondary N) is 2. The van der Waals surface area contributed by atoms with Crippen LogP contribution in [0.2, 0.25) is 0 Å². The van der Waals surface area contributed by atoms with Crippen LogP contribution in [-0.4, -0.2) is 21.0 Å². The second-order valence-corrected chi connectivity index (χ2v) is 6.17. The van der Waals surface area contributed by atoms with Crippen molar-refractivity contribution >= 4 is 17.3 Å². The van der Waals surface area contributed by atoms with Crippen LogP contribution in [0.15, 0.2) is 54.9 Å². The van der Waals surface area contributed by atoms with Crippen molar-refractivity contribution in [1.82, 2.24) is 15.0 Å². The van der Waals surface area contributed by atoms with Crippen LogP contribution in [0.1, 0.15) is 19.4 Å². The summed E-state index contributed by atoms with van der Waals surface area (Å²) in [5.74, 6) is 1.18. The SMILES string of the molecule is CC(C)Nc1cc(Nc2ccncc2C(F)(F)F)nc(-c2ccccc2)n1. The van der Waals surface area contributed by atoms with Gasteiger partial charge in [0.15, 0.2) is 5.82 Å². The molecule has 5 nitrogen and oxygen atoms in total. The number of rotatable bonds is 5. The average molecular weight is 373 g/mol. The molecule has 0 radical (unpaired) electrons. The number of hydrogen-bond donors (Lipinski definition) is 2. The van der Waals surface area contributed by atoms with E-state index in [0.717, 1.165) is 11.8 Å². The molecular formula is C19H18F3N5. The molecule has 0 aliphatic heterocycles. The summed E-state index contributed by atoms with van der Waals surface area (Å²) in [7, 11) is 0. The van der Waals surface area contributed by atoms with Crippen molar-refractivity contribution in [3.8, 4) is 11.4 Å². The molecule has 0 fully saturated rings. The summed E-state index contributed by atoms with van der Waals surface area (Å²) < 4.78 is 39.7. The maximum absolute atomic E-state index is 13.2. The molecule has 8 heteroatoms. The third-order valence-corrected chi connectivity index (χ3v) is 3.58. The lowest BCUT2D eigenvalue weighted by Crippen LogP contribution is -2.13. The zero-order valence-electron chi connectivity index (χ0n) is 14.7. The van der Waals surface area contributed by atoms with Crippen LogP contribution < -0.4 is 10.6 Å². The van der Waals surface area contributed by atoms with Crippen LogP contribution in [0.5, 0.6) is 0 Å². The zero-order chi connectivity index (χ0) is 19.4. The van der Waals surface area contributed by atoms with E-state index in [0.29, 0.717) is 11.6 Å². The Labute approximate surface area is 154 Å². The van der Waals surface area contributed by atoms with E-state index in [4.69, 9.17) is 0 Å². The predicted molar refractivity (Wildman–Crippen MR) is 98.7 cm³/mol. The van der Waals surface area contributed by atoms with Gasteiger partial charge < -0.3 is 10.6 Å². The molecule has 2 aromatic heterocycles. The molecule has 140 valence electrons. The first kappa shape index (κ1) is 18.6. The lowest BCUT2D eigenvalue weighted by Gasteiger charge is -2.16. The first-order valence-electron chi connectivity index (χ1n) is 8.32. The first-order chi connectivity index (χ1) is 12.8. The smallest absolute Gasteiger partial charge is 0.368 e. The Balaban J connectivity index is 2.03. The standard InChI is InChI=1S/C19H18F3N5/c1-12(2)24-16-10-17(27-18(26-16)13-6-4-3-5-7-13)25-15-8-9-23-11-14(15)19(20,21)22/h3-12H,1-2H3,(H2,23,24,25,26,27). The number of halogens is 3. The number of alkyl halides is 3. The Hall–Kier alpha value is -3.16. The van der Waals surface area contributed by atoms with Gasteiger partial charge >= 0.3 is 6.18 Å². The molecule has 2 N–H and O–H groups in total. The minimum Gasteiger partial charge on any atom is -0.368 e. The van der Waals surface area contributed by atoms with Crippen LogP contribution >= 0.6 is 0 Å². The van der Waals surface area contributed by atoms with E-state index in [-0.39, 0.29) is 17.5 Å². The molecule has 0 aliphatic carbocycles. The van der Waals surface area contributed by atoms with Gasteiger partial charge in [-0.05, 0) is 19.9 Å². The summed E-state index contributed by atoms with van der Waals surface area (Å²) in [6.45, 7) is 3.89. The highest BCUT2D eigenvalue weighted by molar-refractivity contribution is 5.66. The fourth-order valence-electron chi connectivity index (χ4n) is 2.46. The number of aromatic nitrogens is 3. The van der Waals surface area contributed by atoms with Crippen molar-refractivity contribution in [2.45, 2.75) is 26.1 Å². The second-order valence-electron chi connectivity index (χ2n) is 6.17. The summed E-state index contributed by atoms with van der Waals surface area (Å²) in [6, 6.07) is 12.2. The van der Waals surface area contributed by atoms with Crippen molar-refractivity contribution in [3.63, 3.8) is 0 Å². The highest BCUT2D eigenvalue weighted by atomic mass is 19.4. The molecule has 0 unspecified atom stereocenters. The van der Waals surface area contributed by atoms with Crippen LogP contribution in [0.3, 0.4) is 0 Å². The van der Waals surface area contributed by atoms with Gasteiger partial charge in [0.2, 0.25) is 0 Å². The molecule has 0 atom stereocenters. The third-order valence-electron chi connectivity index (χ3n) is 3.58. The molecule has 0 amide bonds. The Morgan fingerprint density at radius 1 is 0.963 bits per heavy atom. The average Bonchev–Trinajstić information content (AvgIpc) is 2.61. The maximum Gasteiger partial charge on any atom is 0.419 e. The summed E-state index contributed by atoms with van der Waals surface area (Å²) in [4.78, 5) is 12.4. The van der Waals surface area contributed by atoms with Crippen molar-refractivity contribution in [2.75, 3.05) is 10.6 Å². The van der Waals surface area contributed by atoms with E-state index in [1.807, 2.05) is 44.2 Å². The zero-order valence-corrected chi connectivity index (χ0v) is 14.7. The molecule has 0 aliphatic rings. The van der Waals surface area contributed by atoms with Crippen molar-refractivity contribution < 1.29 is 13.2 Å². The van der Waals surface area contributed by atoms with Gasteiger partial charge in [0.25, 0.3) is 0 Å². The normalized spacial score (nSPS) is 11.5. The topological polar surface area (TPSA) is 62.7 Å². The number of nitrogens with zero attached hydrogens (tertiary/aromatic N) is 3. The van der Waals surface area contributed by atoms with Gasteiger partial charge in [-0.3, -0.25) is 4.98 Å². The van der Waals surface area contributed by atoms with E-state index in [2.05, 4.69) is 25.6 Å². The maximum atomic E-state index is 13.2. The number of anilines is 3. The number of hydrogen-bond acceptors (Lipinski definition) is 5. The van der Waals surface area contributed by atoms with Gasteiger partial charge in [-0.2, -0.15) is 13.2 Å². The fraction of sp³-hybridized carbons (Fsp3) is 0.211. The molecule has 0 saturated heterocycles. The van der Waals surface area contributed by atoms with Gasteiger partial charge in [-0.15, -0.1) is 0 Å². The van der Waals surface area contributed by atoms with Crippen molar-refractivity contribution in [2.24, 2.45) is 0 Å². The lowest BCUT2D eigenvalue weighted by atomic mass is 10.2. The van der Waals surface area contributed by atoms with Crippen LogP contribution in [0, 0.1) is 0 Å². The third kappa shape index (κ3) is 4.72. The summed E-state index contributed by atoms with van der Waals surface area (Å²) >= 11 is 0. The molecule has 3 aromatic rings. The summed E-state index contributed by atoms with van der Waals surface area (Å²) in [6.07, 6.45) is -2.44. The van der Waals surface area contributed by atoms with Crippen molar-refractivity contribution in [1.29, 1.82) is 0 Å². The molecule has 0 saturated carbocycles. The fourth-order valence-corrected chi connectivity index (χ4v) is 2.46. The Bertz CT molecular complexity index is 911.